The zero-order valence-corrected chi connectivity index (χ0v) is 29.4. The van der Waals surface area contributed by atoms with Gasteiger partial charge in [-0.05, 0) is 117 Å². The largest absolute Gasteiger partial charge is 0.310 e. The van der Waals surface area contributed by atoms with Gasteiger partial charge in [0.1, 0.15) is 0 Å². The Morgan fingerprint density at radius 3 is 1.46 bits per heavy atom. The summed E-state index contributed by atoms with van der Waals surface area (Å²) in [6, 6.07) is 44.0. The number of anilines is 3. The van der Waals surface area contributed by atoms with Gasteiger partial charge >= 0.3 is 0 Å². The van der Waals surface area contributed by atoms with Gasteiger partial charge in [0, 0.05) is 27.6 Å². The summed E-state index contributed by atoms with van der Waals surface area (Å²) in [6.45, 7) is 18.9. The molecular weight excluding hydrogens is 579 g/mol. The monoisotopic (exact) mass is 621 g/mol. The highest BCUT2D eigenvalue weighted by Crippen LogP contribution is 2.57. The Balaban J connectivity index is 1.31. The second-order valence-corrected chi connectivity index (χ2v) is 16.0. The summed E-state index contributed by atoms with van der Waals surface area (Å²) < 4.78 is 0. The van der Waals surface area contributed by atoms with Crippen molar-refractivity contribution in [2.24, 2.45) is 0 Å². The molecule has 0 amide bonds. The van der Waals surface area contributed by atoms with Crippen LogP contribution < -0.4 is 4.90 Å². The average Bonchev–Trinajstić information content (AvgIpc) is 3.54. The normalized spacial score (nSPS) is 16.4. The van der Waals surface area contributed by atoms with Crippen molar-refractivity contribution in [1.29, 1.82) is 0 Å². The lowest BCUT2D eigenvalue weighted by Gasteiger charge is -2.34. The van der Waals surface area contributed by atoms with Crippen molar-refractivity contribution >= 4 is 17.1 Å². The molecule has 236 valence electrons. The van der Waals surface area contributed by atoms with Crippen LogP contribution in [0.4, 0.5) is 17.1 Å². The van der Waals surface area contributed by atoms with E-state index in [0.717, 1.165) is 0 Å². The van der Waals surface area contributed by atoms with E-state index in [2.05, 4.69) is 176 Å². The number of nitrogens with zero attached hydrogens (tertiary/aromatic N) is 1. The minimum atomic E-state index is -0.157. The molecular formula is C47H43N. The van der Waals surface area contributed by atoms with Crippen molar-refractivity contribution in [3.05, 3.63) is 160 Å². The summed E-state index contributed by atoms with van der Waals surface area (Å²) >= 11 is 0. The second kappa shape index (κ2) is 9.60. The number of hydrogen-bond donors (Lipinski definition) is 0. The Labute approximate surface area is 285 Å². The van der Waals surface area contributed by atoms with Crippen molar-refractivity contribution in [1.82, 2.24) is 0 Å². The molecule has 48 heavy (non-hydrogen) atoms. The van der Waals surface area contributed by atoms with E-state index in [1.165, 1.54) is 95.0 Å². The van der Waals surface area contributed by atoms with Gasteiger partial charge in [0.05, 0.1) is 5.69 Å². The molecule has 0 saturated heterocycles. The third kappa shape index (κ3) is 3.73. The standard InChI is InChI=1S/C47H43N/c1-28-24-29(2)43-37(25-28)36-16-13-19-42(44(36)47(43,7)8)48(30-20-22-34-32-14-9-11-17-38(32)45(3,4)40(34)26-30)31-21-23-35-33-15-10-12-18-39(33)46(5,6)41(35)27-31/h9-27H,1-8H3. The average molecular weight is 622 g/mol. The van der Waals surface area contributed by atoms with Gasteiger partial charge in [0.25, 0.3) is 0 Å². The van der Waals surface area contributed by atoms with Crippen LogP contribution in [0.3, 0.4) is 0 Å². The van der Waals surface area contributed by atoms with Crippen LogP contribution in [0.15, 0.2) is 115 Å². The second-order valence-electron chi connectivity index (χ2n) is 16.0. The minimum absolute atomic E-state index is 0.0854. The van der Waals surface area contributed by atoms with Crippen LogP contribution in [0.1, 0.15) is 86.1 Å². The van der Waals surface area contributed by atoms with Crippen molar-refractivity contribution in [2.75, 3.05) is 4.90 Å². The molecule has 0 atom stereocenters. The van der Waals surface area contributed by atoms with E-state index in [-0.39, 0.29) is 16.2 Å². The third-order valence-electron chi connectivity index (χ3n) is 12.0. The van der Waals surface area contributed by atoms with E-state index in [1.54, 1.807) is 0 Å². The predicted octanol–water partition coefficient (Wildman–Crippen LogP) is 12.7. The van der Waals surface area contributed by atoms with Crippen molar-refractivity contribution < 1.29 is 0 Å². The Morgan fingerprint density at radius 2 is 0.896 bits per heavy atom. The number of benzene rings is 6. The van der Waals surface area contributed by atoms with Crippen molar-refractivity contribution in [2.45, 2.75) is 71.6 Å². The fourth-order valence-corrected chi connectivity index (χ4v) is 9.83. The van der Waals surface area contributed by atoms with Gasteiger partial charge in [-0.3, -0.25) is 0 Å². The molecule has 6 aromatic carbocycles. The van der Waals surface area contributed by atoms with Crippen LogP contribution in [-0.2, 0) is 16.2 Å². The maximum Gasteiger partial charge on any atom is 0.0508 e. The summed E-state index contributed by atoms with van der Waals surface area (Å²) in [5.74, 6) is 0. The Hall–Kier alpha value is -4.88. The Kier molecular flexibility index (Phi) is 5.86. The molecule has 0 aromatic heterocycles. The number of rotatable bonds is 3. The molecule has 1 nitrogen and oxygen atoms in total. The fraction of sp³-hybridized carbons (Fsp3) is 0.234. The summed E-state index contributed by atoms with van der Waals surface area (Å²) in [5.41, 5.74) is 22.6. The van der Waals surface area contributed by atoms with Crippen molar-refractivity contribution in [3.8, 4) is 33.4 Å². The van der Waals surface area contributed by atoms with E-state index in [9.17, 15) is 0 Å². The van der Waals surface area contributed by atoms with Gasteiger partial charge in [-0.2, -0.15) is 0 Å². The minimum Gasteiger partial charge on any atom is -0.310 e. The van der Waals surface area contributed by atoms with Crippen LogP contribution in [0.5, 0.6) is 0 Å². The lowest BCUT2D eigenvalue weighted by atomic mass is 9.79. The summed E-state index contributed by atoms with van der Waals surface area (Å²) in [4.78, 5) is 2.56. The first-order valence-corrected chi connectivity index (χ1v) is 17.5. The summed E-state index contributed by atoms with van der Waals surface area (Å²) in [6.07, 6.45) is 0. The van der Waals surface area contributed by atoms with Crippen LogP contribution in [0.2, 0.25) is 0 Å². The van der Waals surface area contributed by atoms with Crippen LogP contribution in [-0.4, -0.2) is 0 Å². The molecule has 0 N–H and O–H groups in total. The van der Waals surface area contributed by atoms with Crippen LogP contribution in [0, 0.1) is 13.8 Å². The first-order chi connectivity index (χ1) is 22.9. The van der Waals surface area contributed by atoms with E-state index in [0.29, 0.717) is 0 Å². The van der Waals surface area contributed by atoms with E-state index in [1.807, 2.05) is 0 Å². The lowest BCUT2D eigenvalue weighted by Crippen LogP contribution is -2.22. The molecule has 0 bridgehead atoms. The third-order valence-corrected chi connectivity index (χ3v) is 12.0. The quantitative estimate of drug-likeness (QED) is 0.190. The molecule has 0 unspecified atom stereocenters. The Morgan fingerprint density at radius 1 is 0.396 bits per heavy atom. The molecule has 1 heteroatoms. The smallest absolute Gasteiger partial charge is 0.0508 e. The molecule has 3 aliphatic carbocycles. The molecule has 3 aliphatic rings. The topological polar surface area (TPSA) is 3.24 Å². The maximum atomic E-state index is 2.56. The fourth-order valence-electron chi connectivity index (χ4n) is 9.83. The molecule has 0 aliphatic heterocycles. The van der Waals surface area contributed by atoms with Crippen LogP contribution in [0.25, 0.3) is 33.4 Å². The number of aryl methyl sites for hydroxylation is 2. The Bertz CT molecular complexity index is 2240. The maximum absolute atomic E-state index is 2.56. The molecule has 9 rings (SSSR count). The van der Waals surface area contributed by atoms with E-state index in [4.69, 9.17) is 0 Å². The summed E-state index contributed by atoms with van der Waals surface area (Å²) in [7, 11) is 0. The first kappa shape index (κ1) is 29.3. The molecule has 0 spiro atoms. The van der Waals surface area contributed by atoms with Gasteiger partial charge in [0.2, 0.25) is 0 Å². The number of fused-ring (bicyclic) bond motifs is 9. The molecule has 6 aromatic rings. The molecule has 0 saturated carbocycles. The van der Waals surface area contributed by atoms with Crippen molar-refractivity contribution in [3.63, 3.8) is 0 Å². The summed E-state index contributed by atoms with van der Waals surface area (Å²) in [5, 5.41) is 0. The van der Waals surface area contributed by atoms with Gasteiger partial charge in [0.15, 0.2) is 0 Å². The van der Waals surface area contributed by atoms with Gasteiger partial charge in [-0.1, -0.05) is 132 Å². The molecule has 0 heterocycles. The molecule has 0 radical (unpaired) electrons. The van der Waals surface area contributed by atoms with Gasteiger partial charge in [-0.25, -0.2) is 0 Å². The number of hydrogen-bond acceptors (Lipinski definition) is 1. The highest BCUT2D eigenvalue weighted by atomic mass is 15.1. The SMILES string of the molecule is Cc1cc(C)c2c(c1)-c1cccc(N(c3ccc4c(c3)C(C)(C)c3ccccc3-4)c3ccc4c(c3)C(C)(C)c3ccccc3-4)c1C2(C)C. The highest BCUT2D eigenvalue weighted by Gasteiger charge is 2.42. The van der Waals surface area contributed by atoms with Gasteiger partial charge < -0.3 is 4.90 Å². The van der Waals surface area contributed by atoms with Gasteiger partial charge in [-0.15, -0.1) is 0 Å². The van der Waals surface area contributed by atoms with E-state index >= 15 is 0 Å². The van der Waals surface area contributed by atoms with Crippen LogP contribution >= 0.6 is 0 Å². The molecule has 0 fully saturated rings. The van der Waals surface area contributed by atoms with E-state index < -0.39 is 0 Å². The zero-order chi connectivity index (χ0) is 33.3. The zero-order valence-electron chi connectivity index (χ0n) is 29.4. The first-order valence-electron chi connectivity index (χ1n) is 17.5. The lowest BCUT2D eigenvalue weighted by molar-refractivity contribution is 0.654. The predicted molar refractivity (Wildman–Crippen MR) is 203 cm³/mol. The highest BCUT2D eigenvalue weighted by molar-refractivity contribution is 5.93.